The topological polar surface area (TPSA) is 56.9 Å². The van der Waals surface area contributed by atoms with E-state index < -0.39 is 0 Å². The van der Waals surface area contributed by atoms with Gasteiger partial charge in [0.15, 0.2) is 5.11 Å². The first-order valence-corrected chi connectivity index (χ1v) is 9.63. The van der Waals surface area contributed by atoms with Crippen molar-refractivity contribution in [2.75, 3.05) is 13.1 Å². The van der Waals surface area contributed by atoms with E-state index in [-0.39, 0.29) is 5.56 Å². The lowest BCUT2D eigenvalue weighted by Gasteiger charge is -2.11. The highest BCUT2D eigenvalue weighted by Gasteiger charge is 2.06. The zero-order valence-electron chi connectivity index (χ0n) is 15.8. The van der Waals surface area contributed by atoms with Gasteiger partial charge in [-0.3, -0.25) is 4.79 Å². The van der Waals surface area contributed by atoms with E-state index in [2.05, 4.69) is 46.8 Å². The van der Waals surface area contributed by atoms with E-state index >= 15 is 0 Å². The Labute approximate surface area is 165 Å². The summed E-state index contributed by atoms with van der Waals surface area (Å²) in [4.78, 5) is 15.4. The predicted octanol–water partition coefficient (Wildman–Crippen LogP) is 3.39. The zero-order chi connectivity index (χ0) is 19.2. The fourth-order valence-corrected chi connectivity index (χ4v) is 3.30. The molecule has 0 aliphatic rings. The summed E-state index contributed by atoms with van der Waals surface area (Å²) < 4.78 is 0. The van der Waals surface area contributed by atoms with E-state index in [1.807, 2.05) is 31.2 Å². The van der Waals surface area contributed by atoms with Crippen LogP contribution in [-0.4, -0.2) is 23.2 Å². The largest absolute Gasteiger partial charge is 0.362 e. The molecule has 3 N–H and O–H groups in total. The molecule has 0 aliphatic carbocycles. The van der Waals surface area contributed by atoms with Crippen molar-refractivity contribution in [3.63, 3.8) is 0 Å². The molecule has 0 amide bonds. The minimum absolute atomic E-state index is 0.0269. The summed E-state index contributed by atoms with van der Waals surface area (Å²) >= 11 is 5.32. The summed E-state index contributed by atoms with van der Waals surface area (Å²) in [5.41, 5.74) is 5.25. The van der Waals surface area contributed by atoms with Crippen LogP contribution < -0.4 is 16.2 Å². The lowest BCUT2D eigenvalue weighted by molar-refractivity contribution is 0.799. The molecule has 0 fully saturated rings. The van der Waals surface area contributed by atoms with E-state index in [0.717, 1.165) is 35.0 Å². The van der Waals surface area contributed by atoms with Gasteiger partial charge in [0.2, 0.25) is 0 Å². The lowest BCUT2D eigenvalue weighted by atomic mass is 10.0. The van der Waals surface area contributed by atoms with Crippen LogP contribution in [0.3, 0.4) is 0 Å². The molecule has 0 aliphatic heterocycles. The van der Waals surface area contributed by atoms with Crippen LogP contribution >= 0.6 is 12.2 Å². The zero-order valence-corrected chi connectivity index (χ0v) is 16.6. The molecule has 0 saturated heterocycles. The number of hydrogen-bond donors (Lipinski definition) is 3. The maximum absolute atomic E-state index is 12.4. The third-order valence-electron chi connectivity index (χ3n) is 4.85. The normalized spacial score (nSPS) is 10.7. The van der Waals surface area contributed by atoms with E-state index in [4.69, 9.17) is 12.2 Å². The van der Waals surface area contributed by atoms with Crippen molar-refractivity contribution in [1.82, 2.24) is 15.6 Å². The van der Waals surface area contributed by atoms with Gasteiger partial charge in [-0.15, -0.1) is 0 Å². The van der Waals surface area contributed by atoms with Crippen LogP contribution in [0.25, 0.3) is 10.9 Å². The molecule has 3 aromatic rings. The third-order valence-corrected chi connectivity index (χ3v) is 5.14. The number of aromatic amines is 1. The van der Waals surface area contributed by atoms with Crippen LogP contribution in [0, 0.1) is 13.8 Å². The van der Waals surface area contributed by atoms with Crippen molar-refractivity contribution in [3.05, 3.63) is 81.1 Å². The minimum Gasteiger partial charge on any atom is -0.362 e. The average Bonchev–Trinajstić information content (AvgIpc) is 2.67. The summed E-state index contributed by atoms with van der Waals surface area (Å²) in [5, 5.41) is 8.08. The molecule has 0 saturated carbocycles. The van der Waals surface area contributed by atoms with E-state index in [0.29, 0.717) is 18.1 Å². The smallest absolute Gasteiger partial charge is 0.251 e. The number of H-pyrrole nitrogens is 1. The van der Waals surface area contributed by atoms with E-state index in [9.17, 15) is 4.79 Å². The highest BCUT2D eigenvalue weighted by Crippen LogP contribution is 2.18. The fourth-order valence-electron chi connectivity index (χ4n) is 3.09. The standard InChI is InChI=1S/C22H25N3OS/c1-15-8-9-18-14-19(21(26)25-20(18)16(15)2)11-13-24-22(27)23-12-10-17-6-4-3-5-7-17/h3-9,14H,10-13H2,1-2H3,(H,25,26)(H2,23,24,27). The monoisotopic (exact) mass is 379 g/mol. The lowest BCUT2D eigenvalue weighted by Crippen LogP contribution is -2.37. The van der Waals surface area contributed by atoms with Crippen LogP contribution in [0.5, 0.6) is 0 Å². The molecule has 0 bridgehead atoms. The molecule has 1 aromatic heterocycles. The van der Waals surface area contributed by atoms with E-state index in [1.165, 1.54) is 11.1 Å². The Kier molecular flexibility index (Phi) is 6.24. The molecule has 3 rings (SSSR count). The Balaban J connectivity index is 1.51. The molecule has 27 heavy (non-hydrogen) atoms. The van der Waals surface area contributed by atoms with Crippen LogP contribution in [0.2, 0.25) is 0 Å². The summed E-state index contributed by atoms with van der Waals surface area (Å²) in [6.45, 7) is 5.49. The van der Waals surface area contributed by atoms with Gasteiger partial charge < -0.3 is 15.6 Å². The second-order valence-electron chi connectivity index (χ2n) is 6.76. The van der Waals surface area contributed by atoms with Gasteiger partial charge in [-0.2, -0.15) is 0 Å². The molecule has 0 unspecified atom stereocenters. The minimum atomic E-state index is -0.0269. The first kappa shape index (κ1) is 19.1. The van der Waals surface area contributed by atoms with Crippen molar-refractivity contribution in [1.29, 1.82) is 0 Å². The highest BCUT2D eigenvalue weighted by molar-refractivity contribution is 7.80. The molecule has 0 spiro atoms. The SMILES string of the molecule is Cc1ccc2cc(CCNC(=S)NCCc3ccccc3)c(=O)[nH]c2c1C. The number of rotatable bonds is 6. The molecule has 1 heterocycles. The summed E-state index contributed by atoms with van der Waals surface area (Å²) in [6, 6.07) is 16.4. The van der Waals surface area contributed by atoms with Crippen LogP contribution in [0.1, 0.15) is 22.3 Å². The number of hydrogen-bond acceptors (Lipinski definition) is 2. The number of fused-ring (bicyclic) bond motifs is 1. The van der Waals surface area contributed by atoms with Crippen molar-refractivity contribution in [2.24, 2.45) is 0 Å². The Morgan fingerprint density at radius 3 is 2.44 bits per heavy atom. The highest BCUT2D eigenvalue weighted by atomic mass is 32.1. The van der Waals surface area contributed by atoms with Gasteiger partial charge in [0.25, 0.3) is 5.56 Å². The van der Waals surface area contributed by atoms with Gasteiger partial charge in [0.05, 0.1) is 5.52 Å². The summed E-state index contributed by atoms with van der Waals surface area (Å²) in [5.74, 6) is 0. The van der Waals surface area contributed by atoms with E-state index in [1.54, 1.807) is 0 Å². The summed E-state index contributed by atoms with van der Waals surface area (Å²) in [6.07, 6.45) is 1.55. The number of aryl methyl sites for hydroxylation is 2. The first-order valence-electron chi connectivity index (χ1n) is 9.22. The van der Waals surface area contributed by atoms with Crippen molar-refractivity contribution < 1.29 is 0 Å². The molecule has 0 atom stereocenters. The molecule has 4 nitrogen and oxygen atoms in total. The fraction of sp³-hybridized carbons (Fsp3) is 0.273. The Bertz CT molecular complexity index is 996. The number of pyridine rings is 1. The quantitative estimate of drug-likeness (QED) is 0.575. The second-order valence-corrected chi connectivity index (χ2v) is 7.17. The van der Waals surface area contributed by atoms with Crippen molar-refractivity contribution in [3.8, 4) is 0 Å². The Morgan fingerprint density at radius 2 is 1.70 bits per heavy atom. The first-order chi connectivity index (χ1) is 13.0. The van der Waals surface area contributed by atoms with Crippen LogP contribution in [0.4, 0.5) is 0 Å². The van der Waals surface area contributed by atoms with Gasteiger partial charge in [0, 0.05) is 18.7 Å². The summed E-state index contributed by atoms with van der Waals surface area (Å²) in [7, 11) is 0. The van der Waals surface area contributed by atoms with Crippen molar-refractivity contribution >= 4 is 28.2 Å². The van der Waals surface area contributed by atoms with Crippen LogP contribution in [-0.2, 0) is 12.8 Å². The maximum Gasteiger partial charge on any atom is 0.251 e. The van der Waals surface area contributed by atoms with Crippen molar-refractivity contribution in [2.45, 2.75) is 26.7 Å². The van der Waals surface area contributed by atoms with Gasteiger partial charge in [-0.05, 0) is 67.0 Å². The van der Waals surface area contributed by atoms with Crippen LogP contribution in [0.15, 0.2) is 53.3 Å². The molecule has 2 aromatic carbocycles. The van der Waals surface area contributed by atoms with Gasteiger partial charge in [-0.1, -0.05) is 42.5 Å². The maximum atomic E-state index is 12.4. The number of aromatic nitrogens is 1. The number of nitrogens with one attached hydrogen (secondary N) is 3. The molecule has 140 valence electrons. The Hall–Kier alpha value is -2.66. The predicted molar refractivity (Wildman–Crippen MR) is 116 cm³/mol. The van der Waals surface area contributed by atoms with Gasteiger partial charge >= 0.3 is 0 Å². The third kappa shape index (κ3) is 4.95. The molecular formula is C22H25N3OS. The van der Waals surface area contributed by atoms with Gasteiger partial charge in [-0.25, -0.2) is 0 Å². The molecule has 0 radical (unpaired) electrons. The molecular weight excluding hydrogens is 354 g/mol. The van der Waals surface area contributed by atoms with Gasteiger partial charge in [0.1, 0.15) is 0 Å². The number of thiocarbonyl (C=S) groups is 1. The Morgan fingerprint density at radius 1 is 1.00 bits per heavy atom. The molecule has 5 heteroatoms. The average molecular weight is 380 g/mol. The number of benzene rings is 2. The second kappa shape index (κ2) is 8.82.